The maximum absolute atomic E-state index is 13.6. The van der Waals surface area contributed by atoms with Crippen molar-refractivity contribution in [1.82, 2.24) is 0 Å². The van der Waals surface area contributed by atoms with Crippen molar-refractivity contribution in [2.45, 2.75) is 23.3 Å². The van der Waals surface area contributed by atoms with E-state index in [1.807, 2.05) is 0 Å². The summed E-state index contributed by atoms with van der Waals surface area (Å²) in [6, 6.07) is 2.54. The van der Waals surface area contributed by atoms with Crippen LogP contribution in [0.3, 0.4) is 0 Å². The van der Waals surface area contributed by atoms with Crippen LogP contribution in [-0.2, 0) is 5.60 Å². The van der Waals surface area contributed by atoms with E-state index in [0.29, 0.717) is 12.8 Å². The van der Waals surface area contributed by atoms with Crippen LogP contribution in [0, 0.1) is 11.6 Å². The van der Waals surface area contributed by atoms with Crippen molar-refractivity contribution < 1.29 is 13.9 Å². The third-order valence-electron chi connectivity index (χ3n) is 2.48. The van der Waals surface area contributed by atoms with Crippen LogP contribution in [0.25, 0.3) is 0 Å². The molecule has 0 spiro atoms. The monoisotopic (exact) mass is 216 g/mol. The largest absolute Gasteiger partial charge is 0.385 e. The number of rotatable bonds is 2. The number of aliphatic hydroxyl groups is 1. The first-order valence-corrected chi connectivity index (χ1v) is 5.56. The van der Waals surface area contributed by atoms with Gasteiger partial charge in [0.25, 0.3) is 0 Å². The van der Waals surface area contributed by atoms with E-state index in [2.05, 4.69) is 0 Å². The van der Waals surface area contributed by atoms with E-state index in [9.17, 15) is 13.9 Å². The second kappa shape index (κ2) is 3.21. The highest BCUT2D eigenvalue weighted by atomic mass is 32.2. The molecular weight excluding hydrogens is 206 g/mol. The average Bonchev–Trinajstić information content (AvgIpc) is 2.85. The SMILES string of the molecule is CSc1c(F)ccc(C2(O)CC2)c1F. The van der Waals surface area contributed by atoms with Gasteiger partial charge in [-0.3, -0.25) is 0 Å². The molecule has 0 saturated heterocycles. The Morgan fingerprint density at radius 3 is 2.50 bits per heavy atom. The third-order valence-corrected chi connectivity index (χ3v) is 3.26. The summed E-state index contributed by atoms with van der Waals surface area (Å²) < 4.78 is 26.7. The number of halogens is 2. The fourth-order valence-corrected chi connectivity index (χ4v) is 2.02. The van der Waals surface area contributed by atoms with Crippen LogP contribution in [0.15, 0.2) is 17.0 Å². The summed E-state index contributed by atoms with van der Waals surface area (Å²) in [5, 5.41) is 9.72. The minimum absolute atomic E-state index is 0.0113. The molecule has 0 bridgehead atoms. The Kier molecular flexibility index (Phi) is 2.27. The molecule has 1 aromatic rings. The molecule has 1 aliphatic rings. The summed E-state index contributed by atoms with van der Waals surface area (Å²) in [6.07, 6.45) is 2.73. The smallest absolute Gasteiger partial charge is 0.145 e. The van der Waals surface area contributed by atoms with Gasteiger partial charge in [0.15, 0.2) is 0 Å². The fourth-order valence-electron chi connectivity index (χ4n) is 1.47. The minimum atomic E-state index is -1.04. The van der Waals surface area contributed by atoms with Crippen molar-refractivity contribution in [2.24, 2.45) is 0 Å². The Labute approximate surface area is 85.1 Å². The van der Waals surface area contributed by atoms with Gasteiger partial charge in [0.05, 0.1) is 10.5 Å². The molecule has 1 fully saturated rings. The van der Waals surface area contributed by atoms with E-state index in [1.54, 1.807) is 6.26 Å². The highest BCUT2D eigenvalue weighted by Crippen LogP contribution is 2.47. The van der Waals surface area contributed by atoms with E-state index in [-0.39, 0.29) is 10.5 Å². The van der Waals surface area contributed by atoms with Crippen LogP contribution in [0.1, 0.15) is 18.4 Å². The van der Waals surface area contributed by atoms with Gasteiger partial charge >= 0.3 is 0 Å². The lowest BCUT2D eigenvalue weighted by atomic mass is 10.1. The van der Waals surface area contributed by atoms with Crippen molar-refractivity contribution >= 4 is 11.8 Å². The molecule has 0 amide bonds. The summed E-state index contributed by atoms with van der Waals surface area (Å²) in [4.78, 5) is -0.0113. The molecule has 0 aliphatic heterocycles. The summed E-state index contributed by atoms with van der Waals surface area (Å²) in [5.74, 6) is -1.18. The zero-order valence-electron chi connectivity index (χ0n) is 7.68. The van der Waals surface area contributed by atoms with Gasteiger partial charge in [-0.25, -0.2) is 8.78 Å². The first-order chi connectivity index (χ1) is 6.58. The van der Waals surface area contributed by atoms with Crippen LogP contribution in [0.5, 0.6) is 0 Å². The predicted molar refractivity (Wildman–Crippen MR) is 51.3 cm³/mol. The van der Waals surface area contributed by atoms with Crippen molar-refractivity contribution in [1.29, 1.82) is 0 Å². The third kappa shape index (κ3) is 1.42. The minimum Gasteiger partial charge on any atom is -0.385 e. The van der Waals surface area contributed by atoms with E-state index in [4.69, 9.17) is 0 Å². The summed E-state index contributed by atoms with van der Waals surface area (Å²) in [6.45, 7) is 0. The average molecular weight is 216 g/mol. The predicted octanol–water partition coefficient (Wildman–Crippen LogP) is 2.67. The van der Waals surface area contributed by atoms with Crippen LogP contribution in [0.2, 0.25) is 0 Å². The molecule has 0 atom stereocenters. The fraction of sp³-hybridized carbons (Fsp3) is 0.400. The van der Waals surface area contributed by atoms with E-state index in [0.717, 1.165) is 11.8 Å². The highest BCUT2D eigenvalue weighted by Gasteiger charge is 2.44. The Morgan fingerprint density at radius 1 is 1.36 bits per heavy atom. The van der Waals surface area contributed by atoms with Crippen molar-refractivity contribution in [3.8, 4) is 0 Å². The lowest BCUT2D eigenvalue weighted by molar-refractivity contribution is 0.146. The zero-order valence-corrected chi connectivity index (χ0v) is 8.50. The van der Waals surface area contributed by atoms with Gasteiger partial charge in [-0.05, 0) is 25.2 Å². The maximum atomic E-state index is 13.6. The standard InChI is InChI=1S/C10H10F2OS/c1-14-9-7(11)3-2-6(8(9)12)10(13)4-5-10/h2-3,13H,4-5H2,1H3. The van der Waals surface area contributed by atoms with Crippen LogP contribution >= 0.6 is 11.8 Å². The van der Waals surface area contributed by atoms with Crippen LogP contribution < -0.4 is 0 Å². The Hall–Kier alpha value is -0.610. The van der Waals surface area contributed by atoms with Gasteiger partial charge in [-0.2, -0.15) is 0 Å². The molecule has 1 saturated carbocycles. The van der Waals surface area contributed by atoms with Gasteiger partial charge in [0, 0.05) is 5.56 Å². The van der Waals surface area contributed by atoms with Gasteiger partial charge < -0.3 is 5.11 Å². The molecule has 0 unspecified atom stereocenters. The lowest BCUT2D eigenvalue weighted by Gasteiger charge is -2.11. The number of hydrogen-bond acceptors (Lipinski definition) is 2. The first kappa shape index (κ1) is 9.93. The molecule has 0 heterocycles. The summed E-state index contributed by atoms with van der Waals surface area (Å²) >= 11 is 1.02. The summed E-state index contributed by atoms with van der Waals surface area (Å²) in [5.41, 5.74) is -0.814. The lowest BCUT2D eigenvalue weighted by Crippen LogP contribution is -2.08. The van der Waals surface area contributed by atoms with Gasteiger partial charge in [0.1, 0.15) is 11.6 Å². The number of hydrogen-bond donors (Lipinski definition) is 1. The van der Waals surface area contributed by atoms with Gasteiger partial charge in [-0.1, -0.05) is 6.07 Å². The van der Waals surface area contributed by atoms with Crippen molar-refractivity contribution in [3.05, 3.63) is 29.3 Å². The quantitative estimate of drug-likeness (QED) is 0.767. The van der Waals surface area contributed by atoms with E-state index < -0.39 is 17.2 Å². The molecular formula is C10H10F2OS. The van der Waals surface area contributed by atoms with Crippen LogP contribution in [0.4, 0.5) is 8.78 Å². The summed E-state index contributed by atoms with van der Waals surface area (Å²) in [7, 11) is 0. The van der Waals surface area contributed by atoms with Gasteiger partial charge in [-0.15, -0.1) is 11.8 Å². The molecule has 1 N–H and O–H groups in total. The second-order valence-electron chi connectivity index (χ2n) is 3.47. The molecule has 0 radical (unpaired) electrons. The molecule has 4 heteroatoms. The van der Waals surface area contributed by atoms with Crippen LogP contribution in [-0.4, -0.2) is 11.4 Å². The molecule has 0 aromatic heterocycles. The van der Waals surface area contributed by atoms with E-state index >= 15 is 0 Å². The van der Waals surface area contributed by atoms with Crippen molar-refractivity contribution in [2.75, 3.05) is 6.26 Å². The molecule has 2 rings (SSSR count). The van der Waals surface area contributed by atoms with Crippen molar-refractivity contribution in [3.63, 3.8) is 0 Å². The molecule has 76 valence electrons. The van der Waals surface area contributed by atoms with Gasteiger partial charge in [0.2, 0.25) is 0 Å². The zero-order chi connectivity index (χ0) is 10.3. The number of thioether (sulfide) groups is 1. The molecule has 1 aliphatic carbocycles. The highest BCUT2D eigenvalue weighted by molar-refractivity contribution is 7.98. The molecule has 1 nitrogen and oxygen atoms in total. The van der Waals surface area contributed by atoms with E-state index in [1.165, 1.54) is 12.1 Å². The molecule has 1 aromatic carbocycles. The maximum Gasteiger partial charge on any atom is 0.145 e. The Morgan fingerprint density at radius 2 is 2.00 bits per heavy atom. The Bertz CT molecular complexity index is 375. The topological polar surface area (TPSA) is 20.2 Å². The normalized spacial score (nSPS) is 18.3. The Balaban J connectivity index is 2.53. The second-order valence-corrected chi connectivity index (χ2v) is 4.29. The number of benzene rings is 1. The molecule has 14 heavy (non-hydrogen) atoms. The first-order valence-electron chi connectivity index (χ1n) is 4.33.